The van der Waals surface area contributed by atoms with E-state index in [4.69, 9.17) is 15.2 Å². The highest BCUT2D eigenvalue weighted by atomic mass is 16.6. The zero-order valence-electron chi connectivity index (χ0n) is 12.2. The zero-order valence-corrected chi connectivity index (χ0v) is 12.2. The smallest absolute Gasteiger partial charge is 0.314 e. The Kier molecular flexibility index (Phi) is 5.26. The number of aromatic nitrogens is 1. The van der Waals surface area contributed by atoms with Crippen LogP contribution in [0, 0.1) is 10.1 Å². The predicted molar refractivity (Wildman–Crippen MR) is 81.9 cm³/mol. The van der Waals surface area contributed by atoms with E-state index in [1.807, 2.05) is 30.3 Å². The number of hydrogen-bond acceptors (Lipinski definition) is 6. The van der Waals surface area contributed by atoms with Crippen molar-refractivity contribution in [3.8, 4) is 5.88 Å². The molecule has 0 aliphatic heterocycles. The highest BCUT2D eigenvalue weighted by molar-refractivity contribution is 5.60. The van der Waals surface area contributed by atoms with Crippen LogP contribution < -0.4 is 10.5 Å². The van der Waals surface area contributed by atoms with E-state index in [1.165, 1.54) is 0 Å². The molecule has 0 radical (unpaired) electrons. The lowest BCUT2D eigenvalue weighted by Gasteiger charge is -2.09. The molecule has 0 saturated carbocycles. The van der Waals surface area contributed by atoms with E-state index in [9.17, 15) is 10.1 Å². The summed E-state index contributed by atoms with van der Waals surface area (Å²) in [6.45, 7) is 0.693. The molecule has 0 aliphatic carbocycles. The second-order valence-corrected chi connectivity index (χ2v) is 4.61. The Morgan fingerprint density at radius 1 is 1.27 bits per heavy atom. The number of benzene rings is 1. The van der Waals surface area contributed by atoms with Crippen LogP contribution in [0.25, 0.3) is 0 Å². The lowest BCUT2D eigenvalue weighted by atomic mass is 10.0. The van der Waals surface area contributed by atoms with E-state index < -0.39 is 4.92 Å². The molecule has 0 bridgehead atoms. The topological polar surface area (TPSA) is 101 Å². The number of nitrogens with two attached hydrogens (primary N) is 1. The molecule has 0 aliphatic rings. The van der Waals surface area contributed by atoms with Crippen molar-refractivity contribution >= 4 is 11.5 Å². The molecule has 0 unspecified atom stereocenters. The predicted octanol–water partition coefficient (Wildman–Crippen LogP) is 2.19. The molecule has 0 fully saturated rings. The number of nitro groups is 1. The van der Waals surface area contributed by atoms with Gasteiger partial charge in [-0.25, -0.2) is 0 Å². The van der Waals surface area contributed by atoms with Crippen LogP contribution in [0.1, 0.15) is 11.1 Å². The van der Waals surface area contributed by atoms with Gasteiger partial charge in [0.25, 0.3) is 0 Å². The summed E-state index contributed by atoms with van der Waals surface area (Å²) >= 11 is 0. The fourth-order valence-electron chi connectivity index (χ4n) is 2.05. The van der Waals surface area contributed by atoms with Gasteiger partial charge in [0.05, 0.1) is 11.5 Å². The van der Waals surface area contributed by atoms with Gasteiger partial charge >= 0.3 is 5.69 Å². The van der Waals surface area contributed by atoms with E-state index >= 15 is 0 Å². The lowest BCUT2D eigenvalue weighted by molar-refractivity contribution is -0.384. The first-order valence-corrected chi connectivity index (χ1v) is 6.71. The Bertz CT molecular complexity index is 647. The van der Waals surface area contributed by atoms with Gasteiger partial charge in [-0.1, -0.05) is 30.3 Å². The summed E-state index contributed by atoms with van der Waals surface area (Å²) in [6, 6.07) is 11.0. The molecule has 1 heterocycles. The van der Waals surface area contributed by atoms with Gasteiger partial charge in [-0.05, 0) is 5.56 Å². The maximum absolute atomic E-state index is 11.2. The van der Waals surface area contributed by atoms with Gasteiger partial charge in [-0.3, -0.25) is 10.1 Å². The van der Waals surface area contributed by atoms with Crippen molar-refractivity contribution in [3.63, 3.8) is 0 Å². The normalized spacial score (nSPS) is 10.4. The monoisotopic (exact) mass is 303 g/mol. The highest BCUT2D eigenvalue weighted by Crippen LogP contribution is 2.30. The molecule has 7 heteroatoms. The van der Waals surface area contributed by atoms with Crippen LogP contribution in [0.3, 0.4) is 0 Å². The molecule has 1 aromatic heterocycles. The first-order valence-electron chi connectivity index (χ1n) is 6.71. The minimum atomic E-state index is -0.514. The van der Waals surface area contributed by atoms with E-state index in [0.29, 0.717) is 25.2 Å². The molecular formula is C15H17N3O4. The molecule has 0 spiro atoms. The largest absolute Gasteiger partial charge is 0.475 e. The number of anilines is 1. The molecule has 2 N–H and O–H groups in total. The number of hydrogen-bond donors (Lipinski definition) is 1. The van der Waals surface area contributed by atoms with Crippen LogP contribution in [0.2, 0.25) is 0 Å². The van der Waals surface area contributed by atoms with Crippen LogP contribution >= 0.6 is 0 Å². The summed E-state index contributed by atoms with van der Waals surface area (Å²) in [7, 11) is 1.56. The summed E-state index contributed by atoms with van der Waals surface area (Å²) in [4.78, 5) is 14.6. The number of nitrogens with zero attached hydrogens (tertiary/aromatic N) is 2. The van der Waals surface area contributed by atoms with Gasteiger partial charge in [-0.2, -0.15) is 4.98 Å². The van der Waals surface area contributed by atoms with Crippen molar-refractivity contribution in [2.24, 2.45) is 0 Å². The van der Waals surface area contributed by atoms with Crippen molar-refractivity contribution in [2.45, 2.75) is 6.42 Å². The molecule has 116 valence electrons. The third-order valence-electron chi connectivity index (χ3n) is 3.03. The number of methoxy groups -OCH3 is 1. The number of ether oxygens (including phenoxy) is 2. The van der Waals surface area contributed by atoms with Gasteiger partial charge in [0, 0.05) is 25.2 Å². The zero-order chi connectivity index (χ0) is 15.9. The molecule has 7 nitrogen and oxygen atoms in total. The number of pyridine rings is 1. The summed E-state index contributed by atoms with van der Waals surface area (Å²) in [6.07, 6.45) is 0.379. The van der Waals surface area contributed by atoms with Crippen molar-refractivity contribution in [1.29, 1.82) is 0 Å². The standard InChI is InChI=1S/C15H17N3O4/c1-21-7-8-22-13-10-12(9-11-5-3-2-4-6-11)14(18(19)20)15(16)17-13/h2-6,10H,7-9H2,1H3,(H2,16,17). The number of nitrogen functional groups attached to an aromatic ring is 1. The quantitative estimate of drug-likeness (QED) is 0.478. The molecule has 1 aromatic carbocycles. The Morgan fingerprint density at radius 2 is 2.00 bits per heavy atom. The van der Waals surface area contributed by atoms with Gasteiger partial charge in [0.1, 0.15) is 6.61 Å². The van der Waals surface area contributed by atoms with Crippen molar-refractivity contribution in [3.05, 3.63) is 57.6 Å². The van der Waals surface area contributed by atoms with E-state index in [0.717, 1.165) is 5.56 Å². The molecule has 2 aromatic rings. The second kappa shape index (κ2) is 7.37. The molecule has 0 amide bonds. The third kappa shape index (κ3) is 3.92. The Labute approximate surface area is 127 Å². The Balaban J connectivity index is 2.33. The van der Waals surface area contributed by atoms with E-state index in [2.05, 4.69) is 4.98 Å². The van der Waals surface area contributed by atoms with Crippen LogP contribution in [0.4, 0.5) is 11.5 Å². The van der Waals surface area contributed by atoms with Gasteiger partial charge in [-0.15, -0.1) is 0 Å². The number of rotatable bonds is 7. The third-order valence-corrected chi connectivity index (χ3v) is 3.03. The van der Waals surface area contributed by atoms with E-state index in [1.54, 1.807) is 13.2 Å². The first kappa shape index (κ1) is 15.7. The van der Waals surface area contributed by atoms with Crippen molar-refractivity contribution < 1.29 is 14.4 Å². The minimum absolute atomic E-state index is 0.147. The second-order valence-electron chi connectivity index (χ2n) is 4.61. The van der Waals surface area contributed by atoms with Crippen LogP contribution in [0.15, 0.2) is 36.4 Å². The molecule has 0 saturated heterocycles. The molecule has 22 heavy (non-hydrogen) atoms. The SMILES string of the molecule is COCCOc1cc(Cc2ccccc2)c([N+](=O)[O-])c(N)n1. The minimum Gasteiger partial charge on any atom is -0.475 e. The highest BCUT2D eigenvalue weighted by Gasteiger charge is 2.21. The van der Waals surface area contributed by atoms with Crippen molar-refractivity contribution in [2.75, 3.05) is 26.1 Å². The summed E-state index contributed by atoms with van der Waals surface area (Å²) in [5.41, 5.74) is 6.95. The summed E-state index contributed by atoms with van der Waals surface area (Å²) < 4.78 is 10.3. The lowest BCUT2D eigenvalue weighted by Crippen LogP contribution is -2.09. The van der Waals surface area contributed by atoms with Crippen molar-refractivity contribution in [1.82, 2.24) is 4.98 Å². The molecule has 0 atom stereocenters. The van der Waals surface area contributed by atoms with Crippen LogP contribution in [-0.4, -0.2) is 30.2 Å². The van der Waals surface area contributed by atoms with Crippen LogP contribution in [-0.2, 0) is 11.2 Å². The molecule has 2 rings (SSSR count). The van der Waals surface area contributed by atoms with Crippen LogP contribution in [0.5, 0.6) is 5.88 Å². The Morgan fingerprint density at radius 3 is 2.64 bits per heavy atom. The summed E-state index contributed by atoms with van der Waals surface area (Å²) in [5.74, 6) is 0.108. The summed E-state index contributed by atoms with van der Waals surface area (Å²) in [5, 5.41) is 11.2. The van der Waals surface area contributed by atoms with E-state index in [-0.39, 0.29) is 17.4 Å². The fourth-order valence-corrected chi connectivity index (χ4v) is 2.05. The average Bonchev–Trinajstić information content (AvgIpc) is 2.47. The van der Waals surface area contributed by atoms with Gasteiger partial charge < -0.3 is 15.2 Å². The average molecular weight is 303 g/mol. The van der Waals surface area contributed by atoms with Gasteiger partial charge in [0.2, 0.25) is 11.7 Å². The maximum atomic E-state index is 11.2. The fraction of sp³-hybridized carbons (Fsp3) is 0.267. The maximum Gasteiger partial charge on any atom is 0.314 e. The Hall–Kier alpha value is -2.67. The van der Waals surface area contributed by atoms with Gasteiger partial charge in [0.15, 0.2) is 0 Å². The molecular weight excluding hydrogens is 286 g/mol. The first-order chi connectivity index (χ1) is 10.6.